The lowest BCUT2D eigenvalue weighted by Crippen LogP contribution is -2.14. The van der Waals surface area contributed by atoms with Crippen LogP contribution in [-0.2, 0) is 6.42 Å². The van der Waals surface area contributed by atoms with E-state index in [0.29, 0.717) is 5.69 Å². The predicted octanol–water partition coefficient (Wildman–Crippen LogP) is 2.32. The molecule has 106 valence electrons. The summed E-state index contributed by atoms with van der Waals surface area (Å²) in [6.07, 6.45) is 5.56. The highest BCUT2D eigenvalue weighted by Gasteiger charge is 2.14. The molecule has 0 radical (unpaired) electrons. The average molecular weight is 274 g/mol. The standard InChI is InChI=1S/C14H18N4O2/c1-2-15-9-5-6-12-10-16-17(11-12)13-7-3-4-8-14(13)18(19)20/h3-4,7-8,10-11,15H,2,5-6,9H2,1H3. The molecule has 1 aromatic heterocycles. The maximum Gasteiger partial charge on any atom is 0.294 e. The van der Waals surface area contributed by atoms with E-state index in [0.717, 1.165) is 31.5 Å². The van der Waals surface area contributed by atoms with E-state index in [1.54, 1.807) is 29.1 Å². The first-order valence-corrected chi connectivity index (χ1v) is 6.70. The van der Waals surface area contributed by atoms with Gasteiger partial charge in [-0.25, -0.2) is 4.68 Å². The van der Waals surface area contributed by atoms with Crippen LogP contribution in [0.4, 0.5) is 5.69 Å². The number of rotatable bonds is 7. The molecule has 1 heterocycles. The Kier molecular flexibility index (Phi) is 4.84. The zero-order valence-electron chi connectivity index (χ0n) is 11.5. The van der Waals surface area contributed by atoms with Crippen LogP contribution in [0.1, 0.15) is 18.9 Å². The van der Waals surface area contributed by atoms with Crippen LogP contribution < -0.4 is 5.32 Å². The van der Waals surface area contributed by atoms with Gasteiger partial charge in [0.15, 0.2) is 0 Å². The van der Waals surface area contributed by atoms with Crippen molar-refractivity contribution in [3.05, 3.63) is 52.3 Å². The van der Waals surface area contributed by atoms with Crippen LogP contribution in [0.3, 0.4) is 0 Å². The van der Waals surface area contributed by atoms with Gasteiger partial charge in [-0.3, -0.25) is 10.1 Å². The topological polar surface area (TPSA) is 73.0 Å². The van der Waals surface area contributed by atoms with Gasteiger partial charge in [-0.2, -0.15) is 5.10 Å². The van der Waals surface area contributed by atoms with E-state index in [1.165, 1.54) is 6.07 Å². The smallest absolute Gasteiger partial charge is 0.294 e. The van der Waals surface area contributed by atoms with Gasteiger partial charge in [-0.1, -0.05) is 19.1 Å². The zero-order chi connectivity index (χ0) is 14.4. The molecule has 1 N–H and O–H groups in total. The molecule has 0 saturated carbocycles. The highest BCUT2D eigenvalue weighted by atomic mass is 16.6. The largest absolute Gasteiger partial charge is 0.317 e. The van der Waals surface area contributed by atoms with E-state index in [9.17, 15) is 10.1 Å². The van der Waals surface area contributed by atoms with Crippen molar-refractivity contribution in [2.75, 3.05) is 13.1 Å². The van der Waals surface area contributed by atoms with Gasteiger partial charge in [-0.15, -0.1) is 0 Å². The number of nitrogens with one attached hydrogen (secondary N) is 1. The minimum atomic E-state index is -0.387. The predicted molar refractivity (Wildman–Crippen MR) is 77.1 cm³/mol. The van der Waals surface area contributed by atoms with Gasteiger partial charge < -0.3 is 5.32 Å². The molecule has 0 fully saturated rings. The molecule has 0 amide bonds. The number of aromatic nitrogens is 2. The van der Waals surface area contributed by atoms with Crippen molar-refractivity contribution in [3.8, 4) is 5.69 Å². The highest BCUT2D eigenvalue weighted by Crippen LogP contribution is 2.21. The summed E-state index contributed by atoms with van der Waals surface area (Å²) in [6, 6.07) is 6.62. The number of hydrogen-bond donors (Lipinski definition) is 1. The van der Waals surface area contributed by atoms with Crippen molar-refractivity contribution in [2.45, 2.75) is 19.8 Å². The number of hydrogen-bond acceptors (Lipinski definition) is 4. The molecular weight excluding hydrogens is 256 g/mol. The lowest BCUT2D eigenvalue weighted by atomic mass is 10.2. The molecule has 0 aliphatic rings. The molecule has 6 heteroatoms. The Morgan fingerprint density at radius 3 is 2.95 bits per heavy atom. The third-order valence-corrected chi connectivity index (χ3v) is 3.03. The second kappa shape index (κ2) is 6.81. The average Bonchev–Trinajstić information content (AvgIpc) is 2.92. The second-order valence-electron chi connectivity index (χ2n) is 4.50. The van der Waals surface area contributed by atoms with Crippen molar-refractivity contribution in [2.24, 2.45) is 0 Å². The summed E-state index contributed by atoms with van der Waals surface area (Å²) in [5.41, 5.74) is 1.64. The van der Waals surface area contributed by atoms with E-state index in [1.807, 2.05) is 6.20 Å². The lowest BCUT2D eigenvalue weighted by molar-refractivity contribution is -0.384. The summed E-state index contributed by atoms with van der Waals surface area (Å²) in [5.74, 6) is 0. The molecule has 0 aliphatic carbocycles. The van der Waals surface area contributed by atoms with Crippen LogP contribution in [0, 0.1) is 10.1 Å². The van der Waals surface area contributed by atoms with Gasteiger partial charge in [0, 0.05) is 12.3 Å². The molecule has 0 saturated heterocycles. The molecule has 2 rings (SSSR count). The van der Waals surface area contributed by atoms with Crippen LogP contribution in [0.2, 0.25) is 0 Å². The summed E-state index contributed by atoms with van der Waals surface area (Å²) in [6.45, 7) is 4.01. The number of nitrogens with zero attached hydrogens (tertiary/aromatic N) is 3. The number of para-hydroxylation sites is 2. The Morgan fingerprint density at radius 1 is 1.40 bits per heavy atom. The van der Waals surface area contributed by atoms with Gasteiger partial charge in [-0.05, 0) is 37.6 Å². The molecule has 20 heavy (non-hydrogen) atoms. The highest BCUT2D eigenvalue weighted by molar-refractivity contribution is 5.51. The summed E-state index contributed by atoms with van der Waals surface area (Å²) in [7, 11) is 0. The van der Waals surface area contributed by atoms with Crippen molar-refractivity contribution in [1.29, 1.82) is 0 Å². The zero-order valence-corrected chi connectivity index (χ0v) is 11.5. The third-order valence-electron chi connectivity index (χ3n) is 3.03. The monoisotopic (exact) mass is 274 g/mol. The van der Waals surface area contributed by atoms with Crippen LogP contribution in [-0.4, -0.2) is 27.8 Å². The first kappa shape index (κ1) is 14.2. The normalized spacial score (nSPS) is 10.7. The summed E-state index contributed by atoms with van der Waals surface area (Å²) in [5, 5.41) is 18.5. The fourth-order valence-electron chi connectivity index (χ4n) is 2.03. The van der Waals surface area contributed by atoms with E-state index in [4.69, 9.17) is 0 Å². The summed E-state index contributed by atoms with van der Waals surface area (Å²) >= 11 is 0. The molecular formula is C14H18N4O2. The van der Waals surface area contributed by atoms with Gasteiger partial charge >= 0.3 is 0 Å². The number of nitro benzene ring substituents is 1. The van der Waals surface area contributed by atoms with Gasteiger partial charge in [0.2, 0.25) is 0 Å². The van der Waals surface area contributed by atoms with Crippen LogP contribution in [0.5, 0.6) is 0 Å². The molecule has 2 aromatic rings. The number of aryl methyl sites for hydroxylation is 1. The van der Waals surface area contributed by atoms with Crippen molar-refractivity contribution in [3.63, 3.8) is 0 Å². The van der Waals surface area contributed by atoms with E-state index >= 15 is 0 Å². The second-order valence-corrected chi connectivity index (χ2v) is 4.50. The van der Waals surface area contributed by atoms with E-state index < -0.39 is 0 Å². The van der Waals surface area contributed by atoms with Crippen LogP contribution in [0.15, 0.2) is 36.7 Å². The summed E-state index contributed by atoms with van der Waals surface area (Å²) < 4.78 is 1.57. The lowest BCUT2D eigenvalue weighted by Gasteiger charge is -2.02. The van der Waals surface area contributed by atoms with Gasteiger partial charge in [0.25, 0.3) is 5.69 Å². The molecule has 0 spiro atoms. The molecule has 6 nitrogen and oxygen atoms in total. The maximum atomic E-state index is 11.0. The molecule has 0 aliphatic heterocycles. The van der Waals surface area contributed by atoms with E-state index in [2.05, 4.69) is 17.3 Å². The van der Waals surface area contributed by atoms with Gasteiger partial charge in [0.05, 0.1) is 11.1 Å². The van der Waals surface area contributed by atoms with Crippen molar-refractivity contribution >= 4 is 5.69 Å². The Morgan fingerprint density at radius 2 is 2.20 bits per heavy atom. The summed E-state index contributed by atoms with van der Waals surface area (Å²) in [4.78, 5) is 10.6. The number of nitro groups is 1. The quantitative estimate of drug-likeness (QED) is 0.478. The molecule has 0 bridgehead atoms. The minimum Gasteiger partial charge on any atom is -0.317 e. The van der Waals surface area contributed by atoms with Crippen LogP contribution in [0.25, 0.3) is 5.69 Å². The van der Waals surface area contributed by atoms with Crippen molar-refractivity contribution in [1.82, 2.24) is 15.1 Å². The Bertz CT molecular complexity index is 580. The van der Waals surface area contributed by atoms with E-state index in [-0.39, 0.29) is 10.6 Å². The molecule has 0 atom stereocenters. The maximum absolute atomic E-state index is 11.0. The van der Waals surface area contributed by atoms with Gasteiger partial charge in [0.1, 0.15) is 5.69 Å². The first-order chi connectivity index (χ1) is 9.72. The fourth-order valence-corrected chi connectivity index (χ4v) is 2.03. The Balaban J connectivity index is 2.11. The Labute approximate surface area is 117 Å². The molecule has 0 unspecified atom stereocenters. The van der Waals surface area contributed by atoms with Crippen LogP contribution >= 0.6 is 0 Å². The van der Waals surface area contributed by atoms with Crippen molar-refractivity contribution < 1.29 is 4.92 Å². The Hall–Kier alpha value is -2.21. The fraction of sp³-hybridized carbons (Fsp3) is 0.357. The minimum absolute atomic E-state index is 0.0646. The number of benzene rings is 1. The SMILES string of the molecule is CCNCCCc1cnn(-c2ccccc2[N+](=O)[O-])c1. The third kappa shape index (κ3) is 3.42. The first-order valence-electron chi connectivity index (χ1n) is 6.70. The molecule has 1 aromatic carbocycles.